The third-order valence-corrected chi connectivity index (χ3v) is 0.732. The van der Waals surface area contributed by atoms with Crippen LogP contribution in [0.15, 0.2) is 0 Å². The first-order valence-electron chi connectivity index (χ1n) is 2.70. The monoisotopic (exact) mass is 156 g/mol. The highest BCUT2D eigenvalue weighted by molar-refractivity contribution is 5.48. The molecule has 0 N–H and O–H groups in total. The molecule has 0 heterocycles. The van der Waals surface area contributed by atoms with Gasteiger partial charge in [0.2, 0.25) is 0 Å². The smallest absolute Gasteiger partial charge is 0.303 e. The lowest BCUT2D eigenvalue weighted by Crippen LogP contribution is -2.14. The third-order valence-electron chi connectivity index (χ3n) is 0.732. The van der Waals surface area contributed by atoms with Crippen molar-refractivity contribution in [2.45, 2.75) is 19.2 Å². The van der Waals surface area contributed by atoms with E-state index in [1.165, 1.54) is 0 Å². The molecule has 0 aliphatic rings. The number of halogens is 3. The quantitative estimate of drug-likeness (QED) is 0.455. The summed E-state index contributed by atoms with van der Waals surface area (Å²) in [5, 5.41) is 0. The van der Waals surface area contributed by atoms with Gasteiger partial charge in [-0.25, -0.2) is 0 Å². The summed E-state index contributed by atoms with van der Waals surface area (Å²) in [5.74, 6) is 0. The first-order valence-corrected chi connectivity index (χ1v) is 2.70. The standard InChI is InChI=1S/C5H7F3O2/c6-5(7,8)10-4-2-1-3-9/h3H,1-2,4H2. The number of carbonyl (C=O) groups excluding carboxylic acids is 1. The van der Waals surface area contributed by atoms with Gasteiger partial charge in [-0.05, 0) is 6.42 Å². The topological polar surface area (TPSA) is 26.3 Å². The van der Waals surface area contributed by atoms with E-state index in [0.717, 1.165) is 0 Å². The number of ether oxygens (including phenoxy) is 1. The number of hydrogen-bond acceptors (Lipinski definition) is 2. The SMILES string of the molecule is O=CCCCOC(F)(F)F. The highest BCUT2D eigenvalue weighted by Crippen LogP contribution is 2.16. The average molecular weight is 156 g/mol. The number of aldehydes is 1. The van der Waals surface area contributed by atoms with E-state index in [-0.39, 0.29) is 12.8 Å². The Hall–Kier alpha value is -0.580. The fourth-order valence-corrected chi connectivity index (χ4v) is 0.355. The molecule has 0 aromatic heterocycles. The molecule has 0 atom stereocenters. The summed E-state index contributed by atoms with van der Waals surface area (Å²) in [5.41, 5.74) is 0. The van der Waals surface area contributed by atoms with Crippen LogP contribution in [0, 0.1) is 0 Å². The Labute approximate surface area is 56.0 Å². The molecule has 0 amide bonds. The minimum Gasteiger partial charge on any atom is -0.303 e. The lowest BCUT2D eigenvalue weighted by Gasteiger charge is -2.04. The van der Waals surface area contributed by atoms with Crippen LogP contribution >= 0.6 is 0 Å². The Morgan fingerprint density at radius 3 is 2.40 bits per heavy atom. The van der Waals surface area contributed by atoms with Crippen LogP contribution in [0.2, 0.25) is 0 Å². The van der Waals surface area contributed by atoms with Crippen molar-refractivity contribution in [2.75, 3.05) is 6.61 Å². The summed E-state index contributed by atoms with van der Waals surface area (Å²) < 4.78 is 36.9. The zero-order valence-electron chi connectivity index (χ0n) is 5.15. The van der Waals surface area contributed by atoms with Crippen molar-refractivity contribution in [3.63, 3.8) is 0 Å². The number of unbranched alkanes of at least 4 members (excludes halogenated alkanes) is 1. The summed E-state index contributed by atoms with van der Waals surface area (Å²) in [7, 11) is 0. The molecule has 2 nitrogen and oxygen atoms in total. The van der Waals surface area contributed by atoms with Gasteiger partial charge in [-0.1, -0.05) is 0 Å². The largest absolute Gasteiger partial charge is 0.522 e. The maximum Gasteiger partial charge on any atom is 0.522 e. The molecular weight excluding hydrogens is 149 g/mol. The number of hydrogen-bond donors (Lipinski definition) is 0. The van der Waals surface area contributed by atoms with Crippen LogP contribution in [0.4, 0.5) is 13.2 Å². The molecule has 0 spiro atoms. The predicted octanol–water partition coefficient (Wildman–Crippen LogP) is 1.50. The normalized spacial score (nSPS) is 11.5. The molecule has 10 heavy (non-hydrogen) atoms. The molecular formula is C5H7F3O2. The van der Waals surface area contributed by atoms with Gasteiger partial charge in [-0.2, -0.15) is 0 Å². The maximum atomic E-state index is 11.2. The van der Waals surface area contributed by atoms with Crippen molar-refractivity contribution in [1.82, 2.24) is 0 Å². The van der Waals surface area contributed by atoms with Crippen molar-refractivity contribution in [3.8, 4) is 0 Å². The summed E-state index contributed by atoms with van der Waals surface area (Å²) in [4.78, 5) is 9.59. The molecule has 0 aliphatic carbocycles. The van der Waals surface area contributed by atoms with Crippen LogP contribution in [0.3, 0.4) is 0 Å². The predicted molar refractivity (Wildman–Crippen MR) is 27.3 cm³/mol. The maximum absolute atomic E-state index is 11.2. The van der Waals surface area contributed by atoms with Gasteiger partial charge in [0.15, 0.2) is 0 Å². The molecule has 0 aliphatic heterocycles. The van der Waals surface area contributed by atoms with E-state index in [1.54, 1.807) is 0 Å². The molecule has 0 radical (unpaired) electrons. The highest BCUT2D eigenvalue weighted by atomic mass is 19.4. The first kappa shape index (κ1) is 9.42. The van der Waals surface area contributed by atoms with E-state index in [0.29, 0.717) is 6.29 Å². The lowest BCUT2D eigenvalue weighted by molar-refractivity contribution is -0.324. The van der Waals surface area contributed by atoms with Gasteiger partial charge < -0.3 is 4.79 Å². The molecule has 0 fully saturated rings. The first-order chi connectivity index (χ1) is 4.56. The fraction of sp³-hybridized carbons (Fsp3) is 0.800. The highest BCUT2D eigenvalue weighted by Gasteiger charge is 2.28. The second-order valence-electron chi connectivity index (χ2n) is 1.60. The Morgan fingerprint density at radius 1 is 1.40 bits per heavy atom. The Bertz CT molecular complexity index is 99.6. The van der Waals surface area contributed by atoms with Gasteiger partial charge in [0.25, 0.3) is 0 Å². The van der Waals surface area contributed by atoms with Crippen LogP contribution in [0.1, 0.15) is 12.8 Å². The molecule has 0 saturated heterocycles. The number of rotatable bonds is 4. The zero-order valence-corrected chi connectivity index (χ0v) is 5.15. The van der Waals surface area contributed by atoms with Crippen LogP contribution in [-0.2, 0) is 9.53 Å². The number of carbonyl (C=O) groups is 1. The zero-order chi connectivity index (χ0) is 8.04. The molecule has 0 saturated carbocycles. The van der Waals surface area contributed by atoms with E-state index in [9.17, 15) is 18.0 Å². The van der Waals surface area contributed by atoms with E-state index in [1.807, 2.05) is 0 Å². The van der Waals surface area contributed by atoms with E-state index in [2.05, 4.69) is 4.74 Å². The average Bonchev–Trinajstić information content (AvgIpc) is 1.78. The van der Waals surface area contributed by atoms with Crippen LogP contribution < -0.4 is 0 Å². The van der Waals surface area contributed by atoms with Crippen LogP contribution in [0.25, 0.3) is 0 Å². The van der Waals surface area contributed by atoms with Gasteiger partial charge in [0.05, 0.1) is 6.61 Å². The molecule has 0 aromatic carbocycles. The second kappa shape index (κ2) is 4.27. The van der Waals surface area contributed by atoms with Gasteiger partial charge in [-0.3, -0.25) is 4.74 Å². The van der Waals surface area contributed by atoms with Gasteiger partial charge in [-0.15, -0.1) is 13.2 Å². The summed E-state index contributed by atoms with van der Waals surface area (Å²) >= 11 is 0. The molecule has 0 unspecified atom stereocenters. The summed E-state index contributed by atoms with van der Waals surface area (Å²) in [6, 6.07) is 0. The Balaban J connectivity index is 3.12. The van der Waals surface area contributed by atoms with Crippen molar-refractivity contribution in [1.29, 1.82) is 0 Å². The van der Waals surface area contributed by atoms with E-state index in [4.69, 9.17) is 0 Å². The molecule has 0 aromatic rings. The van der Waals surface area contributed by atoms with Crippen molar-refractivity contribution < 1.29 is 22.7 Å². The lowest BCUT2D eigenvalue weighted by atomic mass is 10.4. The Kier molecular flexibility index (Phi) is 4.02. The molecule has 0 rings (SSSR count). The minimum atomic E-state index is -4.57. The minimum absolute atomic E-state index is 0.107. The summed E-state index contributed by atoms with van der Waals surface area (Å²) in [6.45, 7) is -0.442. The van der Waals surface area contributed by atoms with E-state index < -0.39 is 13.0 Å². The van der Waals surface area contributed by atoms with Crippen LogP contribution in [0.5, 0.6) is 0 Å². The molecule has 5 heteroatoms. The fourth-order valence-electron chi connectivity index (χ4n) is 0.355. The molecule has 0 bridgehead atoms. The van der Waals surface area contributed by atoms with Crippen LogP contribution in [-0.4, -0.2) is 19.3 Å². The third kappa shape index (κ3) is 7.42. The Morgan fingerprint density at radius 2 is 2.00 bits per heavy atom. The summed E-state index contributed by atoms with van der Waals surface area (Å²) in [6.07, 6.45) is -3.79. The van der Waals surface area contributed by atoms with E-state index >= 15 is 0 Å². The second-order valence-corrected chi connectivity index (χ2v) is 1.60. The van der Waals surface area contributed by atoms with Crippen molar-refractivity contribution in [3.05, 3.63) is 0 Å². The van der Waals surface area contributed by atoms with Crippen molar-refractivity contribution in [2.24, 2.45) is 0 Å². The molecule has 60 valence electrons. The van der Waals surface area contributed by atoms with Gasteiger partial charge in [0, 0.05) is 6.42 Å². The van der Waals surface area contributed by atoms with Crippen molar-refractivity contribution >= 4 is 6.29 Å². The number of alkyl halides is 3. The van der Waals surface area contributed by atoms with Gasteiger partial charge in [0.1, 0.15) is 6.29 Å². The van der Waals surface area contributed by atoms with Gasteiger partial charge >= 0.3 is 6.36 Å².